The molecule has 0 aliphatic heterocycles. The highest BCUT2D eigenvalue weighted by atomic mass is 19.1. The maximum absolute atomic E-state index is 13.1. The molecule has 9 heteroatoms. The van der Waals surface area contributed by atoms with Crippen molar-refractivity contribution in [3.05, 3.63) is 71.8 Å². The van der Waals surface area contributed by atoms with Crippen LogP contribution in [0.25, 0.3) is 0 Å². The fourth-order valence-corrected chi connectivity index (χ4v) is 2.26. The molecule has 0 aliphatic carbocycles. The number of halogens is 1. The molecule has 3 N–H and O–H groups in total. The summed E-state index contributed by atoms with van der Waals surface area (Å²) < 4.78 is 13.1. The zero-order chi connectivity index (χ0) is 17.8. The number of aromatic nitrogens is 3. The van der Waals surface area contributed by atoms with Crippen molar-refractivity contribution in [2.45, 2.75) is 6.54 Å². The third-order valence-corrected chi connectivity index (χ3v) is 3.49. The van der Waals surface area contributed by atoms with Gasteiger partial charge in [-0.25, -0.2) is 14.9 Å². The van der Waals surface area contributed by atoms with Crippen LogP contribution >= 0.6 is 0 Å². The summed E-state index contributed by atoms with van der Waals surface area (Å²) in [5, 5.41) is 22.0. The van der Waals surface area contributed by atoms with Crippen LogP contribution in [0.15, 0.2) is 54.9 Å². The Morgan fingerprint density at radius 2 is 1.92 bits per heavy atom. The van der Waals surface area contributed by atoms with Gasteiger partial charge in [-0.15, -0.1) is 9.94 Å². The number of nitrogens with one attached hydrogen (secondary N) is 1. The number of rotatable bonds is 5. The Morgan fingerprint density at radius 1 is 1.16 bits per heavy atom. The van der Waals surface area contributed by atoms with Gasteiger partial charge in [0.15, 0.2) is 5.82 Å². The van der Waals surface area contributed by atoms with E-state index < -0.39 is 11.7 Å². The third-order valence-electron chi connectivity index (χ3n) is 3.49. The fourth-order valence-electron chi connectivity index (χ4n) is 2.26. The van der Waals surface area contributed by atoms with Gasteiger partial charge in [0.05, 0.1) is 18.9 Å². The highest BCUT2D eigenvalue weighted by molar-refractivity contribution is 5.93. The van der Waals surface area contributed by atoms with Crippen LogP contribution in [-0.2, 0) is 6.54 Å². The normalized spacial score (nSPS) is 10.5. The van der Waals surface area contributed by atoms with Crippen LogP contribution in [0.5, 0.6) is 0 Å². The Kier molecular flexibility index (Phi) is 4.57. The van der Waals surface area contributed by atoms with Crippen molar-refractivity contribution in [1.29, 1.82) is 0 Å². The SMILES string of the molecule is O=C(NO)c1ccc(CN(c2ccc(F)cn2)c2ccn(O)n2)cc1. The van der Waals surface area contributed by atoms with Crippen molar-refractivity contribution < 1.29 is 19.6 Å². The molecule has 3 aromatic rings. The Morgan fingerprint density at radius 3 is 2.48 bits per heavy atom. The number of hydrogen-bond acceptors (Lipinski definition) is 6. The summed E-state index contributed by atoms with van der Waals surface area (Å²) >= 11 is 0. The standard InChI is InChI=1S/C16H14FN5O3/c17-13-5-6-14(18-9-13)21(15-7-8-22(25)19-15)10-11-1-3-12(4-2-11)16(23)20-24/h1-9,24-25H,10H2,(H,20,23). The van der Waals surface area contributed by atoms with Crippen LogP contribution in [-0.4, -0.2) is 31.2 Å². The molecule has 8 nitrogen and oxygen atoms in total. The summed E-state index contributed by atoms with van der Waals surface area (Å²) in [6.07, 6.45) is 2.45. The van der Waals surface area contributed by atoms with Gasteiger partial charge in [-0.2, -0.15) is 0 Å². The van der Waals surface area contributed by atoms with Crippen LogP contribution in [0, 0.1) is 5.82 Å². The number of benzene rings is 1. The Bertz CT molecular complexity index is 864. The summed E-state index contributed by atoms with van der Waals surface area (Å²) in [7, 11) is 0. The predicted octanol–water partition coefficient (Wildman–Crippen LogP) is 2.11. The maximum Gasteiger partial charge on any atom is 0.274 e. The lowest BCUT2D eigenvalue weighted by Crippen LogP contribution is -2.20. The van der Waals surface area contributed by atoms with Crippen LogP contribution in [0.3, 0.4) is 0 Å². The molecular weight excluding hydrogens is 329 g/mol. The lowest BCUT2D eigenvalue weighted by atomic mass is 10.1. The summed E-state index contributed by atoms with van der Waals surface area (Å²) in [6.45, 7) is 0.316. The van der Waals surface area contributed by atoms with Gasteiger partial charge >= 0.3 is 0 Å². The van der Waals surface area contributed by atoms with Crippen molar-refractivity contribution in [3.8, 4) is 0 Å². The minimum Gasteiger partial charge on any atom is -0.412 e. The van der Waals surface area contributed by atoms with E-state index in [1.165, 1.54) is 18.3 Å². The minimum absolute atomic E-state index is 0.303. The molecule has 3 rings (SSSR count). The van der Waals surface area contributed by atoms with Crippen LogP contribution < -0.4 is 10.4 Å². The minimum atomic E-state index is -0.609. The summed E-state index contributed by atoms with van der Waals surface area (Å²) in [4.78, 5) is 17.8. The second-order valence-corrected chi connectivity index (χ2v) is 5.15. The molecule has 2 heterocycles. The van der Waals surface area contributed by atoms with Gasteiger partial charge < -0.3 is 10.1 Å². The average molecular weight is 343 g/mol. The number of hydrogen-bond donors (Lipinski definition) is 3. The number of carbonyl (C=O) groups excluding carboxylic acids is 1. The van der Waals surface area contributed by atoms with Crippen molar-refractivity contribution in [2.75, 3.05) is 4.90 Å². The summed E-state index contributed by atoms with van der Waals surface area (Å²) in [5.41, 5.74) is 2.68. The van der Waals surface area contributed by atoms with Crippen LogP contribution in [0.4, 0.5) is 16.0 Å². The molecule has 128 valence electrons. The molecule has 25 heavy (non-hydrogen) atoms. The average Bonchev–Trinajstić information content (AvgIpc) is 3.06. The van der Waals surface area contributed by atoms with Crippen molar-refractivity contribution >= 4 is 17.5 Å². The summed E-state index contributed by atoms with van der Waals surface area (Å²) in [5.74, 6) is -0.213. The van der Waals surface area contributed by atoms with Crippen LogP contribution in [0.2, 0.25) is 0 Å². The zero-order valence-corrected chi connectivity index (χ0v) is 12.9. The van der Waals surface area contributed by atoms with Crippen molar-refractivity contribution in [2.24, 2.45) is 0 Å². The molecule has 0 aliphatic rings. The number of nitrogens with zero attached hydrogens (tertiary/aromatic N) is 4. The van der Waals surface area contributed by atoms with E-state index in [-0.39, 0.29) is 0 Å². The van der Waals surface area contributed by atoms with Crippen molar-refractivity contribution in [1.82, 2.24) is 20.4 Å². The smallest absolute Gasteiger partial charge is 0.274 e. The lowest BCUT2D eigenvalue weighted by molar-refractivity contribution is 0.0706. The highest BCUT2D eigenvalue weighted by Crippen LogP contribution is 2.24. The predicted molar refractivity (Wildman–Crippen MR) is 85.1 cm³/mol. The zero-order valence-electron chi connectivity index (χ0n) is 12.9. The lowest BCUT2D eigenvalue weighted by Gasteiger charge is -2.21. The number of carbonyl (C=O) groups is 1. The van der Waals surface area contributed by atoms with E-state index in [0.717, 1.165) is 11.8 Å². The first kappa shape index (κ1) is 16.4. The van der Waals surface area contributed by atoms with E-state index in [1.54, 1.807) is 40.7 Å². The van der Waals surface area contributed by atoms with E-state index in [0.29, 0.717) is 28.6 Å². The van der Waals surface area contributed by atoms with Crippen LogP contribution in [0.1, 0.15) is 15.9 Å². The second kappa shape index (κ2) is 6.97. The number of amides is 1. The third kappa shape index (κ3) is 3.72. The van der Waals surface area contributed by atoms with E-state index in [1.807, 2.05) is 0 Å². The van der Waals surface area contributed by atoms with Crippen molar-refractivity contribution in [3.63, 3.8) is 0 Å². The molecule has 0 saturated carbocycles. The van der Waals surface area contributed by atoms with Gasteiger partial charge in [-0.3, -0.25) is 10.0 Å². The second-order valence-electron chi connectivity index (χ2n) is 5.15. The van der Waals surface area contributed by atoms with Gasteiger partial charge in [0.1, 0.15) is 11.6 Å². The highest BCUT2D eigenvalue weighted by Gasteiger charge is 2.15. The van der Waals surface area contributed by atoms with E-state index >= 15 is 0 Å². The molecule has 0 fully saturated rings. The molecule has 1 aromatic carbocycles. The van der Waals surface area contributed by atoms with Gasteiger partial charge in [0.25, 0.3) is 5.91 Å². The van der Waals surface area contributed by atoms with E-state index in [9.17, 15) is 14.4 Å². The molecule has 2 aromatic heterocycles. The molecule has 0 atom stereocenters. The number of anilines is 2. The molecule has 1 amide bonds. The number of pyridine rings is 1. The molecular formula is C16H14FN5O3. The largest absolute Gasteiger partial charge is 0.412 e. The first-order valence-electron chi connectivity index (χ1n) is 7.24. The molecule has 0 spiro atoms. The monoisotopic (exact) mass is 343 g/mol. The molecule has 0 unspecified atom stereocenters. The van der Waals surface area contributed by atoms with E-state index in [4.69, 9.17) is 5.21 Å². The molecule has 0 saturated heterocycles. The fraction of sp³-hybridized carbons (Fsp3) is 0.0625. The van der Waals surface area contributed by atoms with Gasteiger partial charge in [-0.05, 0) is 29.8 Å². The van der Waals surface area contributed by atoms with Gasteiger partial charge in [0.2, 0.25) is 0 Å². The Hall–Kier alpha value is -3.46. The molecule has 0 radical (unpaired) electrons. The topological polar surface area (TPSA) is 104 Å². The van der Waals surface area contributed by atoms with Gasteiger partial charge in [0, 0.05) is 11.6 Å². The number of hydroxylamine groups is 1. The van der Waals surface area contributed by atoms with Gasteiger partial charge in [-0.1, -0.05) is 12.1 Å². The summed E-state index contributed by atoms with van der Waals surface area (Å²) in [6, 6.07) is 10.9. The Balaban J connectivity index is 1.90. The molecule has 0 bridgehead atoms. The Labute approximate surface area is 141 Å². The first-order valence-corrected chi connectivity index (χ1v) is 7.24. The quantitative estimate of drug-likeness (QED) is 0.372. The maximum atomic E-state index is 13.1. The first-order chi connectivity index (χ1) is 12.1. The van der Waals surface area contributed by atoms with E-state index in [2.05, 4.69) is 10.1 Å².